The summed E-state index contributed by atoms with van der Waals surface area (Å²) >= 11 is 0. The van der Waals surface area contributed by atoms with Gasteiger partial charge in [-0.1, -0.05) is 25.7 Å². The van der Waals surface area contributed by atoms with E-state index in [1.54, 1.807) is 0 Å². The molecule has 5 nitrogen and oxygen atoms in total. The van der Waals surface area contributed by atoms with E-state index in [-0.39, 0.29) is 6.04 Å². The van der Waals surface area contributed by atoms with Gasteiger partial charge in [-0.2, -0.15) is 13.1 Å². The Balaban J connectivity index is 1.89. The highest BCUT2D eigenvalue weighted by molar-refractivity contribution is 7.84. The Hall–Kier alpha value is -0.170. The molecule has 2 saturated carbocycles. The molecule has 18 heavy (non-hydrogen) atoms. The van der Waals surface area contributed by atoms with E-state index in [0.29, 0.717) is 12.8 Å². The highest BCUT2D eigenvalue weighted by Gasteiger charge is 2.34. The van der Waals surface area contributed by atoms with Crippen molar-refractivity contribution < 1.29 is 12.6 Å². The van der Waals surface area contributed by atoms with Crippen LogP contribution >= 0.6 is 0 Å². The molecule has 2 aliphatic rings. The number of hydrogen-bond donors (Lipinski definition) is 2. The van der Waals surface area contributed by atoms with Gasteiger partial charge in [-0.3, -0.25) is 0 Å². The van der Waals surface area contributed by atoms with Gasteiger partial charge in [0.1, 0.15) is 5.72 Å². The summed E-state index contributed by atoms with van der Waals surface area (Å²) in [6.07, 6.45) is 9.41. The van der Waals surface area contributed by atoms with Gasteiger partial charge in [-0.15, -0.1) is 0 Å². The summed E-state index contributed by atoms with van der Waals surface area (Å²) in [5.41, 5.74) is 5.02. The van der Waals surface area contributed by atoms with Gasteiger partial charge in [0.15, 0.2) is 0 Å². The van der Waals surface area contributed by atoms with Gasteiger partial charge in [-0.05, 0) is 38.5 Å². The first kappa shape index (κ1) is 14.2. The molecule has 0 aromatic heterocycles. The van der Waals surface area contributed by atoms with Gasteiger partial charge in [0.2, 0.25) is 0 Å². The fourth-order valence-electron chi connectivity index (χ4n) is 2.90. The summed E-state index contributed by atoms with van der Waals surface area (Å²) < 4.78 is 31.8. The molecule has 2 aliphatic carbocycles. The lowest BCUT2D eigenvalue weighted by Crippen LogP contribution is -2.50. The third-order valence-electron chi connectivity index (χ3n) is 3.89. The third-order valence-corrected chi connectivity index (χ3v) is 5.07. The van der Waals surface area contributed by atoms with E-state index < -0.39 is 16.0 Å². The van der Waals surface area contributed by atoms with Gasteiger partial charge in [0, 0.05) is 6.04 Å². The van der Waals surface area contributed by atoms with Crippen molar-refractivity contribution in [2.45, 2.75) is 76.0 Å². The molecule has 0 heterocycles. The lowest BCUT2D eigenvalue weighted by Gasteiger charge is -2.33. The van der Waals surface area contributed by atoms with Crippen LogP contribution < -0.4 is 10.5 Å². The summed E-state index contributed by atoms with van der Waals surface area (Å²) in [6, 6.07) is 0.0240. The van der Waals surface area contributed by atoms with Crippen LogP contribution in [0.3, 0.4) is 0 Å². The van der Waals surface area contributed by atoms with Crippen molar-refractivity contribution in [2.75, 3.05) is 0 Å². The van der Waals surface area contributed by atoms with Gasteiger partial charge in [0.05, 0.1) is 0 Å². The van der Waals surface area contributed by atoms with Crippen LogP contribution in [0.25, 0.3) is 0 Å². The van der Waals surface area contributed by atoms with Crippen molar-refractivity contribution in [3.8, 4) is 0 Å². The molecule has 0 aromatic rings. The topological polar surface area (TPSA) is 81.4 Å². The van der Waals surface area contributed by atoms with Gasteiger partial charge in [0.25, 0.3) is 0 Å². The lowest BCUT2D eigenvalue weighted by molar-refractivity contribution is 0.0408. The second-order valence-electron chi connectivity index (χ2n) is 5.62. The summed E-state index contributed by atoms with van der Waals surface area (Å²) in [6.45, 7) is 0. The Morgan fingerprint density at radius 2 is 1.56 bits per heavy atom. The second kappa shape index (κ2) is 5.86. The summed E-state index contributed by atoms with van der Waals surface area (Å²) in [5, 5.41) is 0. The summed E-state index contributed by atoms with van der Waals surface area (Å²) in [4.78, 5) is 0. The Labute approximate surface area is 110 Å². The van der Waals surface area contributed by atoms with E-state index in [1.165, 1.54) is 6.42 Å². The molecule has 6 heteroatoms. The maximum Gasteiger partial charge on any atom is 0.337 e. The first-order valence-corrected chi connectivity index (χ1v) is 8.42. The lowest BCUT2D eigenvalue weighted by atomic mass is 9.93. The zero-order chi connectivity index (χ0) is 13.1. The van der Waals surface area contributed by atoms with E-state index in [2.05, 4.69) is 4.72 Å². The molecular weight excluding hydrogens is 252 g/mol. The maximum atomic E-state index is 12.0. The standard InChI is InChI=1S/C12H24N2O3S/c13-12(9-5-2-6-10-12)17-18(15,16)14-11-7-3-1-4-8-11/h11,14H,1-10,13H2. The van der Waals surface area contributed by atoms with Gasteiger partial charge in [-0.25, -0.2) is 4.18 Å². The highest BCUT2D eigenvalue weighted by atomic mass is 32.2. The largest absolute Gasteiger partial charge is 0.337 e. The van der Waals surface area contributed by atoms with Crippen LogP contribution in [0.4, 0.5) is 0 Å². The monoisotopic (exact) mass is 276 g/mol. The maximum absolute atomic E-state index is 12.0. The Kier molecular flexibility index (Phi) is 4.64. The second-order valence-corrected chi connectivity index (χ2v) is 6.93. The van der Waals surface area contributed by atoms with Crippen LogP contribution in [0.5, 0.6) is 0 Å². The molecule has 0 bridgehead atoms. The molecule has 0 aromatic carbocycles. The fraction of sp³-hybridized carbons (Fsp3) is 1.00. The molecule has 2 fully saturated rings. The van der Waals surface area contributed by atoms with Crippen molar-refractivity contribution in [1.29, 1.82) is 0 Å². The first-order valence-electron chi connectivity index (χ1n) is 7.01. The minimum absolute atomic E-state index is 0.0240. The molecule has 3 N–H and O–H groups in total. The molecule has 0 amide bonds. The number of rotatable bonds is 4. The Morgan fingerprint density at radius 1 is 1.00 bits per heavy atom. The van der Waals surface area contributed by atoms with E-state index in [4.69, 9.17) is 9.92 Å². The predicted molar refractivity (Wildman–Crippen MR) is 70.0 cm³/mol. The SMILES string of the molecule is NC1(OS(=O)(=O)NC2CCCCC2)CCCCC1. The zero-order valence-corrected chi connectivity index (χ0v) is 11.7. The van der Waals surface area contributed by atoms with Crippen LogP contribution in [0.1, 0.15) is 64.2 Å². The van der Waals surface area contributed by atoms with Crippen molar-refractivity contribution >= 4 is 10.3 Å². The van der Waals surface area contributed by atoms with Crippen LogP contribution in [0.2, 0.25) is 0 Å². The minimum atomic E-state index is -3.71. The fourth-order valence-corrected chi connectivity index (χ4v) is 4.20. The van der Waals surface area contributed by atoms with Gasteiger partial charge < -0.3 is 5.73 Å². The summed E-state index contributed by atoms with van der Waals surface area (Å²) in [5.74, 6) is 0. The van der Waals surface area contributed by atoms with E-state index >= 15 is 0 Å². The van der Waals surface area contributed by atoms with Crippen LogP contribution in [0.15, 0.2) is 0 Å². The molecule has 0 saturated heterocycles. The number of nitrogens with one attached hydrogen (secondary N) is 1. The minimum Gasteiger partial charge on any atom is -0.302 e. The molecule has 106 valence electrons. The quantitative estimate of drug-likeness (QED) is 0.767. The zero-order valence-electron chi connectivity index (χ0n) is 10.9. The van der Waals surface area contributed by atoms with Crippen molar-refractivity contribution in [1.82, 2.24) is 4.72 Å². The van der Waals surface area contributed by atoms with Crippen molar-refractivity contribution in [3.05, 3.63) is 0 Å². The molecule has 0 radical (unpaired) electrons. The third kappa shape index (κ3) is 4.19. The Morgan fingerprint density at radius 3 is 2.17 bits per heavy atom. The van der Waals surface area contributed by atoms with Crippen LogP contribution in [-0.4, -0.2) is 20.2 Å². The van der Waals surface area contributed by atoms with Gasteiger partial charge >= 0.3 is 10.3 Å². The smallest absolute Gasteiger partial charge is 0.302 e. The molecule has 2 rings (SSSR count). The normalized spacial score (nSPS) is 26.1. The van der Waals surface area contributed by atoms with E-state index in [0.717, 1.165) is 44.9 Å². The van der Waals surface area contributed by atoms with Crippen molar-refractivity contribution in [2.24, 2.45) is 5.73 Å². The number of hydrogen-bond acceptors (Lipinski definition) is 4. The Bertz CT molecular complexity index is 358. The van der Waals surface area contributed by atoms with Crippen LogP contribution in [-0.2, 0) is 14.5 Å². The predicted octanol–water partition coefficient (Wildman–Crippen LogP) is 1.79. The highest BCUT2D eigenvalue weighted by Crippen LogP contribution is 2.28. The van der Waals surface area contributed by atoms with Crippen LogP contribution in [0, 0.1) is 0 Å². The number of nitrogens with two attached hydrogens (primary N) is 1. The molecular formula is C12H24N2O3S. The molecule has 0 atom stereocenters. The average Bonchev–Trinajstić information content (AvgIpc) is 2.29. The van der Waals surface area contributed by atoms with Crippen molar-refractivity contribution in [3.63, 3.8) is 0 Å². The first-order chi connectivity index (χ1) is 8.49. The molecule has 0 aliphatic heterocycles. The summed E-state index contributed by atoms with van der Waals surface area (Å²) in [7, 11) is -3.71. The van der Waals surface area contributed by atoms with E-state index in [9.17, 15) is 8.42 Å². The molecule has 0 spiro atoms. The average molecular weight is 276 g/mol. The van der Waals surface area contributed by atoms with E-state index in [1.807, 2.05) is 0 Å². The molecule has 0 unspecified atom stereocenters.